The highest BCUT2D eigenvalue weighted by molar-refractivity contribution is 5.91. The summed E-state index contributed by atoms with van der Waals surface area (Å²) in [7, 11) is 0. The van der Waals surface area contributed by atoms with Crippen LogP contribution in [0.4, 0.5) is 0 Å². The molecule has 1 aromatic heterocycles. The molecule has 1 spiro atoms. The minimum atomic E-state index is -2.78. The summed E-state index contributed by atoms with van der Waals surface area (Å²) in [6.45, 7) is 8.75. The average molecular weight is 764 g/mol. The first-order valence-electron chi connectivity index (χ1n) is 17.3. The smallest absolute Gasteiger partial charge is 0.340 e. The summed E-state index contributed by atoms with van der Waals surface area (Å²) in [4.78, 5) is 97.0. The van der Waals surface area contributed by atoms with Crippen LogP contribution >= 0.6 is 0 Å². The Morgan fingerprint density at radius 1 is 0.852 bits per heavy atom. The highest BCUT2D eigenvalue weighted by Crippen LogP contribution is 2.69. The van der Waals surface area contributed by atoms with Crippen LogP contribution in [0, 0.1) is 17.3 Å². The normalized spacial score (nSPS) is 39.8. The molecule has 1 aromatic rings. The Morgan fingerprint density at radius 3 is 2.00 bits per heavy atom. The first kappa shape index (κ1) is 40.5. The number of nitrogens with zero attached hydrogens (tertiary/aromatic N) is 1. The molecule has 2 aliphatic carbocycles. The van der Waals surface area contributed by atoms with Crippen LogP contribution in [0.5, 0.6) is 0 Å². The number of rotatable bonds is 6. The molecule has 3 fully saturated rings. The molecule has 296 valence electrons. The van der Waals surface area contributed by atoms with E-state index in [1.807, 2.05) is 0 Å². The Bertz CT molecular complexity index is 1740. The minimum Gasteiger partial charge on any atom is -0.465 e. The highest BCUT2D eigenvalue weighted by Gasteiger charge is 2.91. The predicted molar refractivity (Wildman–Crippen MR) is 176 cm³/mol. The Morgan fingerprint density at radius 2 is 1.43 bits per heavy atom. The molecular weight excluding hydrogens is 718 g/mol. The number of carbonyl (C=O) groups is 7. The second kappa shape index (κ2) is 14.2. The van der Waals surface area contributed by atoms with Gasteiger partial charge in [0.15, 0.2) is 23.9 Å². The summed E-state index contributed by atoms with van der Waals surface area (Å²) >= 11 is 0. The second-order valence-electron chi connectivity index (χ2n) is 14.7. The van der Waals surface area contributed by atoms with E-state index < -0.39 is 132 Å². The molecule has 18 heteroatoms. The molecule has 2 N–H and O–H groups in total. The quantitative estimate of drug-likeness (QED) is 0.295. The van der Waals surface area contributed by atoms with Gasteiger partial charge in [0, 0.05) is 46.7 Å². The van der Waals surface area contributed by atoms with Crippen LogP contribution in [0.1, 0.15) is 84.3 Å². The van der Waals surface area contributed by atoms with E-state index in [0.717, 1.165) is 41.5 Å². The molecule has 2 aliphatic heterocycles. The lowest BCUT2D eigenvalue weighted by Crippen LogP contribution is -2.89. The number of aliphatic hydroxyl groups excluding tert-OH is 1. The first-order valence-corrected chi connectivity index (χ1v) is 17.3. The van der Waals surface area contributed by atoms with Crippen molar-refractivity contribution >= 4 is 41.8 Å². The van der Waals surface area contributed by atoms with Gasteiger partial charge in [-0.2, -0.15) is 0 Å². The van der Waals surface area contributed by atoms with Crippen LogP contribution in [0.15, 0.2) is 18.3 Å². The fraction of sp³-hybridized carbons (Fsp3) is 0.667. The number of esters is 7. The zero-order chi connectivity index (χ0) is 40.3. The Labute approximate surface area is 310 Å². The SMILES string of the molecule is CC(=O)OC[C@]12[C@H](OC(C)=O)[C@H](O)[C@H]3[C@@H](OC(C)=O)[C@@]14O[C@@]3(C)COC(=O)c1cccnc1[C@@H](C)[C@@H](C)C(=O)O[C@@H]([C@H](OC(C)=O)[C@@H]2OC(C)=O)[C@]4(C)O. The molecule has 4 bridgehead atoms. The zero-order valence-electron chi connectivity index (χ0n) is 31.3. The van der Waals surface area contributed by atoms with E-state index in [4.69, 9.17) is 37.9 Å². The Hall–Kier alpha value is -4.68. The molecule has 0 unspecified atom stereocenters. The van der Waals surface area contributed by atoms with Gasteiger partial charge in [0.05, 0.1) is 23.1 Å². The largest absolute Gasteiger partial charge is 0.465 e. The summed E-state index contributed by atoms with van der Waals surface area (Å²) in [5.41, 5.74) is -9.90. The van der Waals surface area contributed by atoms with Crippen LogP contribution in [-0.4, -0.2) is 124 Å². The van der Waals surface area contributed by atoms with Gasteiger partial charge in [0.25, 0.3) is 0 Å². The van der Waals surface area contributed by atoms with Gasteiger partial charge in [-0.15, -0.1) is 0 Å². The van der Waals surface area contributed by atoms with Crippen LogP contribution in [0.25, 0.3) is 0 Å². The van der Waals surface area contributed by atoms with E-state index in [0.29, 0.717) is 0 Å². The molecule has 2 saturated carbocycles. The Kier molecular flexibility index (Phi) is 10.6. The number of carbonyl (C=O) groups excluding carboxylic acids is 7. The summed E-state index contributed by atoms with van der Waals surface area (Å²) < 4.78 is 47.7. The molecule has 5 rings (SSSR count). The maximum absolute atomic E-state index is 14.2. The third-order valence-electron chi connectivity index (χ3n) is 11.2. The van der Waals surface area contributed by atoms with E-state index in [-0.39, 0.29) is 11.3 Å². The number of fused-ring (bicyclic) bond motifs is 5. The number of aliphatic hydroxyl groups is 2. The first-order chi connectivity index (χ1) is 25.1. The van der Waals surface area contributed by atoms with Gasteiger partial charge < -0.3 is 48.1 Å². The molecule has 18 nitrogen and oxygen atoms in total. The number of hydrogen-bond donors (Lipinski definition) is 2. The number of pyridine rings is 1. The third kappa shape index (κ3) is 6.17. The molecular formula is C36H45NO17. The van der Waals surface area contributed by atoms with Gasteiger partial charge in [0.1, 0.15) is 48.1 Å². The number of cyclic esters (lactones) is 1. The zero-order valence-corrected chi connectivity index (χ0v) is 31.3. The van der Waals surface area contributed by atoms with Crippen molar-refractivity contribution in [2.24, 2.45) is 17.3 Å². The van der Waals surface area contributed by atoms with Crippen molar-refractivity contribution in [2.75, 3.05) is 13.2 Å². The van der Waals surface area contributed by atoms with Gasteiger partial charge in [-0.3, -0.25) is 33.8 Å². The summed E-state index contributed by atoms with van der Waals surface area (Å²) in [5.74, 6) is -10.5. The molecule has 4 aliphatic rings. The van der Waals surface area contributed by atoms with Crippen molar-refractivity contribution in [3.8, 4) is 0 Å². The van der Waals surface area contributed by atoms with Gasteiger partial charge in [0.2, 0.25) is 0 Å². The maximum atomic E-state index is 14.2. The number of hydrogen-bond acceptors (Lipinski definition) is 18. The van der Waals surface area contributed by atoms with Crippen molar-refractivity contribution in [3.05, 3.63) is 29.6 Å². The lowest BCUT2D eigenvalue weighted by Gasteiger charge is -2.67. The number of aromatic nitrogens is 1. The molecule has 0 amide bonds. The van der Waals surface area contributed by atoms with E-state index in [1.54, 1.807) is 6.92 Å². The lowest BCUT2D eigenvalue weighted by atomic mass is 9.45. The molecule has 1 saturated heterocycles. The van der Waals surface area contributed by atoms with Gasteiger partial charge in [-0.25, -0.2) is 4.79 Å². The second-order valence-corrected chi connectivity index (χ2v) is 14.7. The average Bonchev–Trinajstić information content (AvgIpc) is 3.30. The van der Waals surface area contributed by atoms with E-state index >= 15 is 0 Å². The van der Waals surface area contributed by atoms with Crippen LogP contribution in [0.2, 0.25) is 0 Å². The maximum Gasteiger partial charge on any atom is 0.340 e. The minimum absolute atomic E-state index is 0.0246. The lowest BCUT2D eigenvalue weighted by molar-refractivity contribution is -0.386. The third-order valence-corrected chi connectivity index (χ3v) is 11.2. The van der Waals surface area contributed by atoms with Crippen molar-refractivity contribution in [3.63, 3.8) is 0 Å². The van der Waals surface area contributed by atoms with Crippen molar-refractivity contribution in [1.29, 1.82) is 0 Å². The molecule has 0 aromatic carbocycles. The van der Waals surface area contributed by atoms with Crippen LogP contribution < -0.4 is 0 Å². The molecule has 0 radical (unpaired) electrons. The summed E-state index contributed by atoms with van der Waals surface area (Å²) in [6.07, 6.45) is -10.6. The standard InChI is InChI=1S/C36H45NO17/c1-15-16(2)31(44)53-29-26(49-18(4)39)30(52-21(7)42)35(14-47-17(3)38)28(51-20(6)41)25(43)23-27(50-19(5)40)36(35,34(29,9)46)54-33(23,8)13-48-32(45)22-11-10-12-37-24(15)22/h10-12,15-16,23,25-30,43,46H,13-14H2,1-9H3/t15-,16+,23-,25+,26-,27+,28+,29-,30-,33-,34-,35+,36-/m0/s1. The predicted octanol–water partition coefficient (Wildman–Crippen LogP) is 0.463. The van der Waals surface area contributed by atoms with Crippen molar-refractivity contribution < 1.29 is 81.7 Å². The van der Waals surface area contributed by atoms with Gasteiger partial charge in [-0.1, -0.05) is 13.8 Å². The van der Waals surface area contributed by atoms with Crippen LogP contribution in [-0.2, 0) is 66.7 Å². The number of ether oxygens (including phenoxy) is 8. The van der Waals surface area contributed by atoms with Crippen molar-refractivity contribution in [2.45, 2.75) is 122 Å². The molecule has 54 heavy (non-hydrogen) atoms. The Balaban J connectivity index is 1.96. The monoisotopic (exact) mass is 763 g/mol. The van der Waals surface area contributed by atoms with Crippen LogP contribution in [0.3, 0.4) is 0 Å². The van der Waals surface area contributed by atoms with E-state index in [2.05, 4.69) is 4.98 Å². The topological polar surface area (TPSA) is 247 Å². The molecule has 3 heterocycles. The molecule has 13 atom stereocenters. The fourth-order valence-corrected chi connectivity index (χ4v) is 8.96. The van der Waals surface area contributed by atoms with E-state index in [9.17, 15) is 43.8 Å². The fourth-order valence-electron chi connectivity index (χ4n) is 8.96. The van der Waals surface area contributed by atoms with Gasteiger partial charge in [-0.05, 0) is 26.0 Å². The van der Waals surface area contributed by atoms with Gasteiger partial charge >= 0.3 is 41.8 Å². The van der Waals surface area contributed by atoms with E-state index in [1.165, 1.54) is 32.2 Å². The summed E-state index contributed by atoms with van der Waals surface area (Å²) in [5, 5.41) is 25.7. The summed E-state index contributed by atoms with van der Waals surface area (Å²) in [6, 6.07) is 2.91. The van der Waals surface area contributed by atoms with Crippen molar-refractivity contribution in [1.82, 2.24) is 4.98 Å². The highest BCUT2D eigenvalue weighted by atomic mass is 16.7.